The zero-order valence-corrected chi connectivity index (χ0v) is 13.7. The van der Waals surface area contributed by atoms with Gasteiger partial charge in [-0.1, -0.05) is 20.8 Å². The van der Waals surface area contributed by atoms with E-state index in [4.69, 9.17) is 10.5 Å². The van der Waals surface area contributed by atoms with Crippen LogP contribution in [0.3, 0.4) is 0 Å². The molecule has 1 atom stereocenters. The van der Waals surface area contributed by atoms with Crippen molar-refractivity contribution in [1.82, 2.24) is 9.80 Å². The van der Waals surface area contributed by atoms with Crippen molar-refractivity contribution < 1.29 is 14.3 Å². The van der Waals surface area contributed by atoms with E-state index >= 15 is 0 Å². The van der Waals surface area contributed by atoms with Crippen molar-refractivity contribution in [3.8, 4) is 0 Å². The number of piperazine rings is 1. The molecule has 0 aromatic carbocycles. The van der Waals surface area contributed by atoms with Crippen molar-refractivity contribution in [2.75, 3.05) is 46.4 Å². The average molecular weight is 299 g/mol. The molecule has 2 N–H and O–H groups in total. The van der Waals surface area contributed by atoms with Crippen molar-refractivity contribution in [3.05, 3.63) is 0 Å². The fourth-order valence-corrected chi connectivity index (χ4v) is 2.66. The number of carbonyl (C=O) groups excluding carboxylic acids is 2. The lowest BCUT2D eigenvalue weighted by molar-refractivity contribution is -0.144. The second-order valence-electron chi connectivity index (χ2n) is 6.84. The zero-order chi connectivity index (χ0) is 16.0. The van der Waals surface area contributed by atoms with E-state index in [1.165, 1.54) is 7.11 Å². The Bertz CT molecular complexity index is 358. The summed E-state index contributed by atoms with van der Waals surface area (Å²) in [4.78, 5) is 27.8. The predicted molar refractivity (Wildman–Crippen MR) is 81.7 cm³/mol. The smallest absolute Gasteiger partial charge is 0.248 e. The van der Waals surface area contributed by atoms with Crippen LogP contribution in [0.5, 0.6) is 0 Å². The quantitative estimate of drug-likeness (QED) is 0.793. The number of hydrogen-bond donors (Lipinski definition) is 1. The molecule has 0 aromatic rings. The van der Waals surface area contributed by atoms with Crippen LogP contribution in [0.4, 0.5) is 0 Å². The van der Waals surface area contributed by atoms with E-state index in [0.29, 0.717) is 32.7 Å². The third kappa shape index (κ3) is 5.63. The first-order valence-corrected chi connectivity index (χ1v) is 7.54. The molecular weight excluding hydrogens is 270 g/mol. The zero-order valence-electron chi connectivity index (χ0n) is 13.7. The molecule has 0 radical (unpaired) electrons. The van der Waals surface area contributed by atoms with Crippen LogP contribution in [0.25, 0.3) is 0 Å². The molecule has 6 nitrogen and oxygen atoms in total. The van der Waals surface area contributed by atoms with Crippen molar-refractivity contribution in [3.63, 3.8) is 0 Å². The van der Waals surface area contributed by atoms with Gasteiger partial charge in [-0.2, -0.15) is 0 Å². The van der Waals surface area contributed by atoms with Crippen LogP contribution in [0.1, 0.15) is 27.2 Å². The Morgan fingerprint density at radius 1 is 1.14 bits per heavy atom. The third-order valence-electron chi connectivity index (χ3n) is 3.70. The van der Waals surface area contributed by atoms with Gasteiger partial charge in [0.15, 0.2) is 0 Å². The molecule has 1 unspecified atom stereocenters. The molecule has 1 heterocycles. The maximum Gasteiger partial charge on any atom is 0.248 e. The summed E-state index contributed by atoms with van der Waals surface area (Å²) in [5.74, 6) is -0.0350. The second kappa shape index (κ2) is 7.75. The van der Waals surface area contributed by atoms with Crippen LogP contribution in [0, 0.1) is 11.3 Å². The molecule has 1 aliphatic heterocycles. The van der Waals surface area contributed by atoms with Gasteiger partial charge >= 0.3 is 0 Å². The van der Waals surface area contributed by atoms with Crippen LogP contribution >= 0.6 is 0 Å². The predicted octanol–water partition coefficient (Wildman–Crippen LogP) is 0.315. The second-order valence-corrected chi connectivity index (χ2v) is 6.84. The van der Waals surface area contributed by atoms with Gasteiger partial charge in [-0.05, 0) is 11.8 Å². The molecule has 0 saturated carbocycles. The maximum atomic E-state index is 12.5. The van der Waals surface area contributed by atoms with Crippen LogP contribution in [-0.2, 0) is 14.3 Å². The van der Waals surface area contributed by atoms with Crippen molar-refractivity contribution in [2.24, 2.45) is 17.1 Å². The van der Waals surface area contributed by atoms with Gasteiger partial charge in [0.25, 0.3) is 0 Å². The van der Waals surface area contributed by atoms with Crippen LogP contribution in [0.2, 0.25) is 0 Å². The SMILES string of the molecule is COCC(=O)N1CCN(C(=O)C(CN)CC(C)(C)C)CC1. The molecular formula is C15H29N3O3. The summed E-state index contributed by atoms with van der Waals surface area (Å²) in [6, 6.07) is 0. The highest BCUT2D eigenvalue weighted by molar-refractivity contribution is 5.80. The van der Waals surface area contributed by atoms with E-state index in [2.05, 4.69) is 20.8 Å². The number of nitrogens with zero attached hydrogens (tertiary/aromatic N) is 2. The lowest BCUT2D eigenvalue weighted by Crippen LogP contribution is -2.53. The summed E-state index contributed by atoms with van der Waals surface area (Å²) in [6.07, 6.45) is 0.783. The molecule has 6 heteroatoms. The topological polar surface area (TPSA) is 75.9 Å². The van der Waals surface area contributed by atoms with Gasteiger partial charge < -0.3 is 20.3 Å². The number of hydrogen-bond acceptors (Lipinski definition) is 4. The third-order valence-corrected chi connectivity index (χ3v) is 3.70. The molecule has 21 heavy (non-hydrogen) atoms. The van der Waals surface area contributed by atoms with Crippen LogP contribution in [-0.4, -0.2) is 68.1 Å². The summed E-state index contributed by atoms with van der Waals surface area (Å²) in [5.41, 5.74) is 5.85. The highest BCUT2D eigenvalue weighted by Gasteiger charge is 2.30. The van der Waals surface area contributed by atoms with Crippen LogP contribution < -0.4 is 5.73 Å². The van der Waals surface area contributed by atoms with Gasteiger partial charge in [0.1, 0.15) is 6.61 Å². The van der Waals surface area contributed by atoms with Gasteiger partial charge in [0.2, 0.25) is 11.8 Å². The highest BCUT2D eigenvalue weighted by atomic mass is 16.5. The fourth-order valence-electron chi connectivity index (χ4n) is 2.66. The normalized spacial score (nSPS) is 17.8. The van der Waals surface area contributed by atoms with Crippen molar-refractivity contribution in [2.45, 2.75) is 27.2 Å². The summed E-state index contributed by atoms with van der Waals surface area (Å²) in [7, 11) is 1.51. The number of amides is 2. The molecule has 0 aromatic heterocycles. The monoisotopic (exact) mass is 299 g/mol. The fraction of sp³-hybridized carbons (Fsp3) is 0.867. The molecule has 1 aliphatic rings. The minimum atomic E-state index is -0.133. The molecule has 1 saturated heterocycles. The van der Waals surface area contributed by atoms with Gasteiger partial charge in [0, 0.05) is 39.8 Å². The van der Waals surface area contributed by atoms with Gasteiger partial charge in [0.05, 0.1) is 5.92 Å². The first-order chi connectivity index (χ1) is 9.78. The van der Waals surface area contributed by atoms with E-state index in [1.54, 1.807) is 4.90 Å². The van der Waals surface area contributed by atoms with Crippen molar-refractivity contribution in [1.29, 1.82) is 0 Å². The molecule has 2 amide bonds. The number of methoxy groups -OCH3 is 1. The van der Waals surface area contributed by atoms with Gasteiger partial charge in [-0.15, -0.1) is 0 Å². The maximum absolute atomic E-state index is 12.5. The lowest BCUT2D eigenvalue weighted by atomic mass is 9.84. The minimum Gasteiger partial charge on any atom is -0.375 e. The number of carbonyl (C=O) groups is 2. The first kappa shape index (κ1) is 17.9. The van der Waals surface area contributed by atoms with E-state index < -0.39 is 0 Å². The van der Waals surface area contributed by atoms with E-state index in [9.17, 15) is 9.59 Å². The first-order valence-electron chi connectivity index (χ1n) is 7.54. The Morgan fingerprint density at radius 3 is 2.10 bits per heavy atom. The van der Waals surface area contributed by atoms with E-state index in [-0.39, 0.29) is 29.8 Å². The largest absolute Gasteiger partial charge is 0.375 e. The molecule has 1 rings (SSSR count). The number of nitrogens with two attached hydrogens (primary N) is 1. The summed E-state index contributed by atoms with van der Waals surface area (Å²) < 4.78 is 4.85. The Kier molecular flexibility index (Phi) is 6.61. The van der Waals surface area contributed by atoms with Gasteiger partial charge in [-0.3, -0.25) is 9.59 Å². The Morgan fingerprint density at radius 2 is 1.67 bits per heavy atom. The number of ether oxygens (including phenoxy) is 1. The Hall–Kier alpha value is -1.14. The summed E-state index contributed by atoms with van der Waals surface area (Å²) in [6.45, 7) is 9.12. The van der Waals surface area contributed by atoms with Gasteiger partial charge in [-0.25, -0.2) is 0 Å². The Labute approximate surface area is 127 Å². The summed E-state index contributed by atoms with van der Waals surface area (Å²) >= 11 is 0. The van der Waals surface area contributed by atoms with Crippen molar-refractivity contribution >= 4 is 11.8 Å². The summed E-state index contributed by atoms with van der Waals surface area (Å²) in [5, 5.41) is 0. The van der Waals surface area contributed by atoms with E-state index in [1.807, 2.05) is 4.90 Å². The van der Waals surface area contributed by atoms with E-state index in [0.717, 1.165) is 6.42 Å². The Balaban J connectivity index is 2.52. The molecule has 0 spiro atoms. The average Bonchev–Trinajstić information content (AvgIpc) is 2.43. The molecule has 122 valence electrons. The standard InChI is InChI=1S/C15H29N3O3/c1-15(2,3)9-12(10-16)14(20)18-7-5-17(6-8-18)13(19)11-21-4/h12H,5-11,16H2,1-4H3. The number of rotatable bonds is 5. The molecule has 1 fully saturated rings. The highest BCUT2D eigenvalue weighted by Crippen LogP contribution is 2.25. The molecule has 0 bridgehead atoms. The van der Waals surface area contributed by atoms with Crippen LogP contribution in [0.15, 0.2) is 0 Å². The lowest BCUT2D eigenvalue weighted by Gasteiger charge is -2.37. The minimum absolute atomic E-state index is 0.0188. The molecule has 0 aliphatic carbocycles.